The molecule has 1 heterocycles. The van der Waals surface area contributed by atoms with Gasteiger partial charge in [-0.05, 0) is 19.9 Å². The molecule has 0 aliphatic rings. The Morgan fingerprint density at radius 2 is 1.80 bits per heavy atom. The van der Waals surface area contributed by atoms with Crippen LogP contribution in [0, 0.1) is 0 Å². The molecule has 0 aliphatic heterocycles. The minimum atomic E-state index is -4.67. The highest BCUT2D eigenvalue weighted by atomic mass is 35.5. The first-order chi connectivity index (χ1) is 8.78. The number of nitrogens with zero attached hydrogens (tertiary/aromatic N) is 1. The summed E-state index contributed by atoms with van der Waals surface area (Å²) in [5.74, 6) is 0. The van der Waals surface area contributed by atoms with Crippen molar-refractivity contribution < 1.29 is 26.7 Å². The van der Waals surface area contributed by atoms with Gasteiger partial charge < -0.3 is 5.11 Å². The molecule has 20 heavy (non-hydrogen) atoms. The standard InChI is InChI=1S/C11H13ClF3NO3S/c1-10(2,20(3,18)19)8(17)6-4-5-7(11(13,14)15)16-9(6)12/h4-5,8,17H,1-3H3. The van der Waals surface area contributed by atoms with E-state index in [1.54, 1.807) is 0 Å². The molecule has 0 bridgehead atoms. The zero-order chi connectivity index (χ0) is 15.9. The number of aliphatic hydroxyl groups excluding tert-OH is 1. The first-order valence-corrected chi connectivity index (χ1v) is 7.66. The van der Waals surface area contributed by atoms with E-state index in [1.165, 1.54) is 13.8 Å². The van der Waals surface area contributed by atoms with Gasteiger partial charge in [-0.25, -0.2) is 13.4 Å². The zero-order valence-corrected chi connectivity index (χ0v) is 12.4. The van der Waals surface area contributed by atoms with Crippen LogP contribution in [0.15, 0.2) is 12.1 Å². The van der Waals surface area contributed by atoms with Gasteiger partial charge in [0.25, 0.3) is 0 Å². The quantitative estimate of drug-likeness (QED) is 0.865. The lowest BCUT2D eigenvalue weighted by atomic mass is 9.99. The largest absolute Gasteiger partial charge is 0.433 e. The fraction of sp³-hybridized carbons (Fsp3) is 0.545. The van der Waals surface area contributed by atoms with Gasteiger partial charge in [0.05, 0.1) is 4.75 Å². The fourth-order valence-electron chi connectivity index (χ4n) is 1.38. The van der Waals surface area contributed by atoms with E-state index < -0.39 is 37.7 Å². The van der Waals surface area contributed by atoms with E-state index in [4.69, 9.17) is 11.6 Å². The second-order valence-corrected chi connectivity index (χ2v) is 7.81. The molecule has 1 rings (SSSR count). The molecule has 1 aromatic heterocycles. The van der Waals surface area contributed by atoms with Crippen LogP contribution in [0.5, 0.6) is 0 Å². The summed E-state index contributed by atoms with van der Waals surface area (Å²) in [6, 6.07) is 1.57. The van der Waals surface area contributed by atoms with E-state index in [2.05, 4.69) is 4.98 Å². The second kappa shape index (κ2) is 5.16. The summed E-state index contributed by atoms with van der Waals surface area (Å²) in [5, 5.41) is 9.49. The Labute approximate surface area is 119 Å². The Bertz CT molecular complexity index is 614. The molecule has 9 heteroatoms. The number of rotatable bonds is 3. The lowest BCUT2D eigenvalue weighted by molar-refractivity contribution is -0.141. The van der Waals surface area contributed by atoms with Gasteiger partial charge in [0.1, 0.15) is 17.0 Å². The predicted molar refractivity (Wildman–Crippen MR) is 68.1 cm³/mol. The Kier molecular flexibility index (Phi) is 4.43. The summed E-state index contributed by atoms with van der Waals surface area (Å²) in [7, 11) is -3.66. The molecule has 1 atom stereocenters. The van der Waals surface area contributed by atoms with Gasteiger partial charge in [-0.2, -0.15) is 13.2 Å². The zero-order valence-electron chi connectivity index (χ0n) is 10.9. The molecule has 0 fully saturated rings. The minimum Gasteiger partial charge on any atom is -0.387 e. The minimum absolute atomic E-state index is 0.171. The lowest BCUT2D eigenvalue weighted by Gasteiger charge is -2.29. The SMILES string of the molecule is CC(C)(C(O)c1ccc(C(F)(F)F)nc1Cl)S(C)(=O)=O. The Morgan fingerprint density at radius 3 is 2.15 bits per heavy atom. The van der Waals surface area contributed by atoms with Gasteiger partial charge in [-0.1, -0.05) is 17.7 Å². The number of aliphatic hydroxyl groups is 1. The third-order valence-corrected chi connectivity index (χ3v) is 5.51. The fourth-order valence-corrected chi connectivity index (χ4v) is 2.17. The molecule has 1 N–H and O–H groups in total. The number of hydrogen-bond donors (Lipinski definition) is 1. The molecule has 0 spiro atoms. The van der Waals surface area contributed by atoms with Crippen LogP contribution in [-0.2, 0) is 16.0 Å². The molecule has 0 radical (unpaired) electrons. The van der Waals surface area contributed by atoms with Crippen molar-refractivity contribution in [1.82, 2.24) is 4.98 Å². The predicted octanol–water partition coefficient (Wildman–Crippen LogP) is 2.61. The van der Waals surface area contributed by atoms with Gasteiger partial charge in [0, 0.05) is 11.8 Å². The molecule has 0 amide bonds. The van der Waals surface area contributed by atoms with Gasteiger partial charge >= 0.3 is 6.18 Å². The van der Waals surface area contributed by atoms with Crippen molar-refractivity contribution in [3.05, 3.63) is 28.5 Å². The van der Waals surface area contributed by atoms with Crippen LogP contribution in [0.2, 0.25) is 5.15 Å². The van der Waals surface area contributed by atoms with Crippen LogP contribution in [0.4, 0.5) is 13.2 Å². The van der Waals surface area contributed by atoms with Gasteiger partial charge in [0.2, 0.25) is 0 Å². The highest BCUT2D eigenvalue weighted by molar-refractivity contribution is 7.92. The average Bonchev–Trinajstić information content (AvgIpc) is 2.25. The number of sulfone groups is 1. The summed E-state index contributed by atoms with van der Waals surface area (Å²) in [5.41, 5.74) is -1.38. The van der Waals surface area contributed by atoms with Crippen molar-refractivity contribution in [3.63, 3.8) is 0 Å². The molecule has 0 aromatic carbocycles. The maximum atomic E-state index is 12.4. The Balaban J connectivity index is 3.30. The van der Waals surface area contributed by atoms with Crippen LogP contribution in [0.25, 0.3) is 0 Å². The number of halogens is 4. The number of alkyl halides is 3. The normalized spacial score (nSPS) is 15.2. The van der Waals surface area contributed by atoms with Gasteiger partial charge in [-0.3, -0.25) is 0 Å². The number of pyridine rings is 1. The van der Waals surface area contributed by atoms with Crippen molar-refractivity contribution in [2.75, 3.05) is 6.26 Å². The van der Waals surface area contributed by atoms with E-state index >= 15 is 0 Å². The number of hydrogen-bond acceptors (Lipinski definition) is 4. The molecule has 0 saturated carbocycles. The molecule has 114 valence electrons. The third-order valence-electron chi connectivity index (χ3n) is 3.08. The third kappa shape index (κ3) is 3.24. The van der Waals surface area contributed by atoms with Gasteiger partial charge in [-0.15, -0.1) is 0 Å². The van der Waals surface area contributed by atoms with Gasteiger partial charge in [0.15, 0.2) is 9.84 Å². The molecular weight excluding hydrogens is 319 g/mol. The summed E-state index contributed by atoms with van der Waals surface area (Å²) in [6.45, 7) is 2.50. The Hall–Kier alpha value is -0.860. The highest BCUT2D eigenvalue weighted by Crippen LogP contribution is 2.36. The second-order valence-electron chi connectivity index (χ2n) is 4.85. The van der Waals surface area contributed by atoms with E-state index in [-0.39, 0.29) is 5.56 Å². The van der Waals surface area contributed by atoms with E-state index in [9.17, 15) is 26.7 Å². The van der Waals surface area contributed by atoms with E-state index in [1.807, 2.05) is 0 Å². The average molecular weight is 332 g/mol. The molecule has 0 aliphatic carbocycles. The van der Waals surface area contributed by atoms with E-state index in [0.29, 0.717) is 6.07 Å². The maximum Gasteiger partial charge on any atom is 0.433 e. The topological polar surface area (TPSA) is 67.3 Å². The van der Waals surface area contributed by atoms with Crippen LogP contribution in [0.1, 0.15) is 31.2 Å². The molecule has 1 aromatic rings. The lowest BCUT2D eigenvalue weighted by Crippen LogP contribution is -2.38. The van der Waals surface area contributed by atoms with Crippen molar-refractivity contribution in [1.29, 1.82) is 0 Å². The van der Waals surface area contributed by atoms with E-state index in [0.717, 1.165) is 12.3 Å². The van der Waals surface area contributed by atoms with Crippen molar-refractivity contribution in [3.8, 4) is 0 Å². The smallest absolute Gasteiger partial charge is 0.387 e. The van der Waals surface area contributed by atoms with Crippen molar-refractivity contribution >= 4 is 21.4 Å². The molecule has 4 nitrogen and oxygen atoms in total. The van der Waals surface area contributed by atoms with Crippen LogP contribution < -0.4 is 0 Å². The summed E-state index contributed by atoms with van der Waals surface area (Å²) >= 11 is 5.62. The van der Waals surface area contributed by atoms with Crippen LogP contribution in [-0.4, -0.2) is 29.5 Å². The Morgan fingerprint density at radius 1 is 1.30 bits per heavy atom. The summed E-state index contributed by atoms with van der Waals surface area (Å²) in [6.07, 6.45) is -5.35. The summed E-state index contributed by atoms with van der Waals surface area (Å²) in [4.78, 5) is 3.15. The first kappa shape index (κ1) is 17.2. The first-order valence-electron chi connectivity index (χ1n) is 5.40. The highest BCUT2D eigenvalue weighted by Gasteiger charge is 2.41. The number of aromatic nitrogens is 1. The van der Waals surface area contributed by atoms with Crippen molar-refractivity contribution in [2.45, 2.75) is 30.9 Å². The van der Waals surface area contributed by atoms with Crippen molar-refractivity contribution in [2.24, 2.45) is 0 Å². The van der Waals surface area contributed by atoms with Crippen LogP contribution >= 0.6 is 11.6 Å². The molecule has 0 saturated heterocycles. The van der Waals surface area contributed by atoms with Crippen LogP contribution in [0.3, 0.4) is 0 Å². The summed E-state index contributed by atoms with van der Waals surface area (Å²) < 4.78 is 58.9. The monoisotopic (exact) mass is 331 g/mol. The molecular formula is C11H13ClF3NO3S. The maximum absolute atomic E-state index is 12.4. The molecule has 1 unspecified atom stereocenters.